The third-order valence-electron chi connectivity index (χ3n) is 1.53. The fraction of sp³-hybridized carbons (Fsp3) is 0.286. The number of hydroxylamine groups is 1. The monoisotopic (exact) mass is 216 g/mol. The smallest absolute Gasteiger partial charge is 0.211 e. The average molecular weight is 217 g/mol. The molecule has 14 heavy (non-hydrogen) atoms. The average Bonchev–Trinajstić information content (AvgIpc) is 2.20. The number of nitrogens with zero attached hydrogens (tertiary/aromatic N) is 3. The van der Waals surface area contributed by atoms with E-state index >= 15 is 0 Å². The van der Waals surface area contributed by atoms with Crippen molar-refractivity contribution in [3.63, 3.8) is 0 Å². The van der Waals surface area contributed by atoms with Crippen LogP contribution in [0.4, 0.5) is 11.5 Å². The minimum atomic E-state index is 0.0783. The van der Waals surface area contributed by atoms with E-state index in [2.05, 4.69) is 15.3 Å². The van der Waals surface area contributed by atoms with E-state index in [9.17, 15) is 10.0 Å². The zero-order valence-electron chi connectivity index (χ0n) is 7.44. The van der Waals surface area contributed by atoms with Crippen LogP contribution in [0.1, 0.15) is 6.92 Å². The van der Waals surface area contributed by atoms with Crippen LogP contribution in [-0.4, -0.2) is 28.1 Å². The van der Waals surface area contributed by atoms with Gasteiger partial charge < -0.3 is 5.32 Å². The van der Waals surface area contributed by atoms with Crippen LogP contribution in [0.15, 0.2) is 6.33 Å². The lowest BCUT2D eigenvalue weighted by Crippen LogP contribution is -2.20. The normalized spacial score (nSPS) is 9.64. The van der Waals surface area contributed by atoms with Gasteiger partial charge in [0.05, 0.1) is 0 Å². The van der Waals surface area contributed by atoms with Gasteiger partial charge in [0.1, 0.15) is 12.0 Å². The van der Waals surface area contributed by atoms with Crippen LogP contribution < -0.4 is 10.4 Å². The molecule has 0 saturated heterocycles. The molecule has 0 spiro atoms. The van der Waals surface area contributed by atoms with Crippen LogP contribution in [0.2, 0.25) is 5.15 Å². The molecular weight excluding hydrogens is 208 g/mol. The maximum absolute atomic E-state index is 10.3. The van der Waals surface area contributed by atoms with Gasteiger partial charge in [-0.3, -0.25) is 10.0 Å². The Balaban J connectivity index is 3.13. The molecule has 0 aliphatic heterocycles. The maximum Gasteiger partial charge on any atom is 0.211 e. The predicted octanol–water partition coefficient (Wildman–Crippen LogP) is 0.914. The van der Waals surface area contributed by atoms with Gasteiger partial charge in [-0.2, -0.15) is 0 Å². The van der Waals surface area contributed by atoms with Crippen molar-refractivity contribution in [1.82, 2.24) is 9.97 Å². The molecule has 0 radical (unpaired) electrons. The molecule has 0 aromatic carbocycles. The molecule has 0 aliphatic carbocycles. The summed E-state index contributed by atoms with van der Waals surface area (Å²) >= 11 is 5.70. The zero-order valence-corrected chi connectivity index (χ0v) is 8.19. The van der Waals surface area contributed by atoms with Crippen molar-refractivity contribution in [2.24, 2.45) is 0 Å². The highest BCUT2D eigenvalue weighted by Crippen LogP contribution is 2.27. The molecule has 1 amide bonds. The Morgan fingerprint density at radius 3 is 3.00 bits per heavy atom. The minimum absolute atomic E-state index is 0.0783. The second-order valence-corrected chi connectivity index (χ2v) is 2.70. The summed E-state index contributed by atoms with van der Waals surface area (Å²) in [5.74, 6) is 0.166. The molecule has 0 fully saturated rings. The van der Waals surface area contributed by atoms with E-state index in [4.69, 9.17) is 11.6 Å². The second kappa shape index (κ2) is 4.73. The molecule has 1 aromatic rings. The molecule has 76 valence electrons. The molecule has 0 atom stereocenters. The number of rotatable bonds is 4. The molecule has 1 aromatic heterocycles. The summed E-state index contributed by atoms with van der Waals surface area (Å²) in [6.45, 7) is 2.04. The largest absolute Gasteiger partial charge is 0.323 e. The molecule has 6 nitrogen and oxygen atoms in total. The molecule has 0 bridgehead atoms. The van der Waals surface area contributed by atoms with Gasteiger partial charge in [0.2, 0.25) is 6.41 Å². The van der Waals surface area contributed by atoms with Crippen molar-refractivity contribution in [1.29, 1.82) is 0 Å². The van der Waals surface area contributed by atoms with Crippen molar-refractivity contribution in [3.8, 4) is 0 Å². The molecule has 0 aliphatic rings. The van der Waals surface area contributed by atoms with Gasteiger partial charge in [-0.15, -0.1) is 0 Å². The highest BCUT2D eigenvalue weighted by Gasteiger charge is 2.13. The summed E-state index contributed by atoms with van der Waals surface area (Å²) < 4.78 is 0. The summed E-state index contributed by atoms with van der Waals surface area (Å²) in [7, 11) is 0. The summed E-state index contributed by atoms with van der Waals surface area (Å²) in [4.78, 5) is 17.7. The van der Waals surface area contributed by atoms with Crippen LogP contribution in [-0.2, 0) is 4.79 Å². The van der Waals surface area contributed by atoms with Crippen molar-refractivity contribution in [2.45, 2.75) is 6.92 Å². The van der Waals surface area contributed by atoms with Crippen LogP contribution in [0.25, 0.3) is 0 Å². The van der Waals surface area contributed by atoms with Crippen molar-refractivity contribution < 1.29 is 10.0 Å². The molecule has 0 saturated carbocycles. The predicted molar refractivity (Wildman–Crippen MR) is 51.5 cm³/mol. The Hall–Kier alpha value is -1.40. The highest BCUT2D eigenvalue weighted by molar-refractivity contribution is 6.32. The summed E-state index contributed by atoms with van der Waals surface area (Å²) in [5.41, 5.74) is 0.188. The standard InChI is InChI=1S/C7H9ClN4O2/c1-2-12(14)7-5(11-4-13)6(8)9-3-10-7/h3-4,14H,2H2,1H3,(H,11,13). The quantitative estimate of drug-likeness (QED) is 0.445. The van der Waals surface area contributed by atoms with E-state index in [1.165, 1.54) is 6.33 Å². The number of anilines is 2. The Labute approximate surface area is 85.5 Å². The van der Waals surface area contributed by atoms with Gasteiger partial charge in [-0.05, 0) is 6.92 Å². The lowest BCUT2D eigenvalue weighted by atomic mass is 10.4. The Bertz CT molecular complexity index is 333. The third kappa shape index (κ3) is 2.09. The third-order valence-corrected chi connectivity index (χ3v) is 1.81. The van der Waals surface area contributed by atoms with Crippen molar-refractivity contribution in [3.05, 3.63) is 11.5 Å². The molecule has 7 heteroatoms. The summed E-state index contributed by atoms with van der Waals surface area (Å²) in [6, 6.07) is 0. The van der Waals surface area contributed by atoms with E-state index in [0.717, 1.165) is 5.06 Å². The summed E-state index contributed by atoms with van der Waals surface area (Å²) in [5, 5.41) is 12.6. The van der Waals surface area contributed by atoms with E-state index in [1.54, 1.807) is 6.92 Å². The minimum Gasteiger partial charge on any atom is -0.323 e. The van der Waals surface area contributed by atoms with Crippen molar-refractivity contribution in [2.75, 3.05) is 16.9 Å². The Morgan fingerprint density at radius 2 is 2.43 bits per heavy atom. The van der Waals surface area contributed by atoms with Crippen LogP contribution in [0.3, 0.4) is 0 Å². The van der Waals surface area contributed by atoms with Crippen LogP contribution in [0, 0.1) is 0 Å². The fourth-order valence-corrected chi connectivity index (χ4v) is 1.07. The van der Waals surface area contributed by atoms with Gasteiger partial charge in [0.15, 0.2) is 11.0 Å². The number of amides is 1. The van der Waals surface area contributed by atoms with Crippen LogP contribution in [0.5, 0.6) is 0 Å². The number of halogens is 1. The first-order valence-electron chi connectivity index (χ1n) is 3.87. The molecule has 1 rings (SSSR count). The van der Waals surface area contributed by atoms with Gasteiger partial charge in [0.25, 0.3) is 0 Å². The van der Waals surface area contributed by atoms with Crippen LogP contribution >= 0.6 is 11.6 Å². The number of carbonyl (C=O) groups excluding carboxylic acids is 1. The fourth-order valence-electron chi connectivity index (χ4n) is 0.884. The second-order valence-electron chi connectivity index (χ2n) is 2.34. The van der Waals surface area contributed by atoms with Gasteiger partial charge >= 0.3 is 0 Å². The SMILES string of the molecule is CCN(O)c1ncnc(Cl)c1NC=O. The first-order valence-corrected chi connectivity index (χ1v) is 4.25. The molecule has 1 heterocycles. The number of aromatic nitrogens is 2. The lowest BCUT2D eigenvalue weighted by molar-refractivity contribution is -0.105. The van der Waals surface area contributed by atoms with Gasteiger partial charge in [0, 0.05) is 6.54 Å². The van der Waals surface area contributed by atoms with E-state index in [1.807, 2.05) is 0 Å². The topological polar surface area (TPSA) is 78.3 Å². The van der Waals surface area contributed by atoms with Crippen molar-refractivity contribution >= 4 is 29.5 Å². The first-order chi connectivity index (χ1) is 6.70. The lowest BCUT2D eigenvalue weighted by Gasteiger charge is -2.16. The summed E-state index contributed by atoms with van der Waals surface area (Å²) in [6.07, 6.45) is 1.64. The first kappa shape index (κ1) is 10.7. The Morgan fingerprint density at radius 1 is 1.71 bits per heavy atom. The molecule has 0 unspecified atom stereocenters. The highest BCUT2D eigenvalue weighted by atomic mass is 35.5. The molecular formula is C7H9ClN4O2. The van der Waals surface area contributed by atoms with E-state index < -0.39 is 0 Å². The number of carbonyl (C=O) groups is 1. The number of hydrogen-bond acceptors (Lipinski definition) is 5. The number of nitrogens with one attached hydrogen (secondary N) is 1. The Kier molecular flexibility index (Phi) is 3.61. The molecule has 2 N–H and O–H groups in total. The van der Waals surface area contributed by atoms with Gasteiger partial charge in [-0.25, -0.2) is 15.0 Å². The maximum atomic E-state index is 10.3. The van der Waals surface area contributed by atoms with E-state index in [0.29, 0.717) is 13.0 Å². The zero-order chi connectivity index (χ0) is 10.6. The number of hydrogen-bond donors (Lipinski definition) is 2. The van der Waals surface area contributed by atoms with E-state index in [-0.39, 0.29) is 16.7 Å². The van der Waals surface area contributed by atoms with Gasteiger partial charge in [-0.1, -0.05) is 11.6 Å².